The van der Waals surface area contributed by atoms with Crippen molar-refractivity contribution in [3.8, 4) is 11.4 Å². The summed E-state index contributed by atoms with van der Waals surface area (Å²) in [5.41, 5.74) is 3.62. The van der Waals surface area contributed by atoms with Gasteiger partial charge in [-0.05, 0) is 69.3 Å². The van der Waals surface area contributed by atoms with Crippen molar-refractivity contribution in [1.29, 1.82) is 0 Å². The van der Waals surface area contributed by atoms with Crippen LogP contribution in [-0.2, 0) is 19.5 Å². The van der Waals surface area contributed by atoms with Crippen LogP contribution < -0.4 is 4.90 Å². The fraction of sp³-hybridized carbons (Fsp3) is 0.444. The predicted octanol–water partition coefficient (Wildman–Crippen LogP) is 3.83. The average molecular weight is 477 g/mol. The van der Waals surface area contributed by atoms with Crippen LogP contribution in [0.25, 0.3) is 11.4 Å². The number of amides is 1. The Hall–Kier alpha value is -3.26. The van der Waals surface area contributed by atoms with Crippen LogP contribution in [0.2, 0.25) is 0 Å². The van der Waals surface area contributed by atoms with Gasteiger partial charge in [-0.15, -0.1) is 0 Å². The standard InChI is InChI=1S/C27H33FN6O/c1-31(2)19-20-7-12-24(29-18-20)32-14-16-33(17-15-32)27(35)25-23-6-4-3-5-13-34(23)26(30-25)21-8-10-22(28)11-9-21/h7-12,18H,3-6,13-17,19H2,1-2H3. The van der Waals surface area contributed by atoms with E-state index in [9.17, 15) is 9.18 Å². The lowest BCUT2D eigenvalue weighted by molar-refractivity contribution is 0.0740. The summed E-state index contributed by atoms with van der Waals surface area (Å²) in [4.78, 5) is 29.4. The Morgan fingerprint density at radius 3 is 2.43 bits per heavy atom. The highest BCUT2D eigenvalue weighted by molar-refractivity contribution is 5.94. The molecule has 0 N–H and O–H groups in total. The molecule has 0 spiro atoms. The molecule has 0 saturated carbocycles. The largest absolute Gasteiger partial charge is 0.353 e. The summed E-state index contributed by atoms with van der Waals surface area (Å²) < 4.78 is 15.7. The minimum Gasteiger partial charge on any atom is -0.353 e. The molecule has 8 heteroatoms. The molecule has 35 heavy (non-hydrogen) atoms. The minimum atomic E-state index is -0.271. The van der Waals surface area contributed by atoms with Crippen molar-refractivity contribution in [2.24, 2.45) is 0 Å². The molecule has 2 aromatic heterocycles. The fourth-order valence-corrected chi connectivity index (χ4v) is 5.06. The van der Waals surface area contributed by atoms with Crippen LogP contribution in [0.3, 0.4) is 0 Å². The molecule has 0 unspecified atom stereocenters. The van der Waals surface area contributed by atoms with Crippen molar-refractivity contribution in [2.75, 3.05) is 45.2 Å². The van der Waals surface area contributed by atoms with Gasteiger partial charge in [-0.3, -0.25) is 4.79 Å². The Labute approximate surface area is 206 Å². The first kappa shape index (κ1) is 23.5. The number of carbonyl (C=O) groups excluding carboxylic acids is 1. The van der Waals surface area contributed by atoms with Gasteiger partial charge in [0, 0.05) is 51.0 Å². The second kappa shape index (κ2) is 10.2. The molecule has 0 aliphatic carbocycles. The highest BCUT2D eigenvalue weighted by Gasteiger charge is 2.29. The number of benzene rings is 1. The molecule has 1 fully saturated rings. The highest BCUT2D eigenvalue weighted by Crippen LogP contribution is 2.28. The third kappa shape index (κ3) is 5.07. The number of anilines is 1. The minimum absolute atomic E-state index is 0.00190. The van der Waals surface area contributed by atoms with Gasteiger partial charge in [0.2, 0.25) is 0 Å². The van der Waals surface area contributed by atoms with Crippen LogP contribution in [-0.4, -0.2) is 70.5 Å². The number of hydrogen-bond acceptors (Lipinski definition) is 5. The van der Waals surface area contributed by atoms with Gasteiger partial charge >= 0.3 is 0 Å². The average Bonchev–Trinajstić information content (AvgIpc) is 3.05. The topological polar surface area (TPSA) is 57.5 Å². The molecule has 0 atom stereocenters. The summed E-state index contributed by atoms with van der Waals surface area (Å²) in [5.74, 6) is 1.45. The van der Waals surface area contributed by atoms with Gasteiger partial charge in [0.25, 0.3) is 5.91 Å². The molecule has 3 aromatic rings. The maximum Gasteiger partial charge on any atom is 0.274 e. The van der Waals surface area contributed by atoms with Gasteiger partial charge in [0.1, 0.15) is 23.2 Å². The molecule has 1 aromatic carbocycles. The third-order valence-electron chi connectivity index (χ3n) is 6.87. The first-order valence-corrected chi connectivity index (χ1v) is 12.5. The molecule has 2 aliphatic heterocycles. The summed E-state index contributed by atoms with van der Waals surface area (Å²) in [6.45, 7) is 4.46. The van der Waals surface area contributed by atoms with Crippen molar-refractivity contribution in [2.45, 2.75) is 38.8 Å². The van der Waals surface area contributed by atoms with Crippen LogP contribution in [0.15, 0.2) is 42.6 Å². The maximum atomic E-state index is 13.6. The monoisotopic (exact) mass is 476 g/mol. The molecule has 4 heterocycles. The Kier molecular flexibility index (Phi) is 6.81. The number of hydrogen-bond donors (Lipinski definition) is 0. The Morgan fingerprint density at radius 1 is 0.971 bits per heavy atom. The number of fused-ring (bicyclic) bond motifs is 1. The van der Waals surface area contributed by atoms with E-state index >= 15 is 0 Å². The second-order valence-electron chi connectivity index (χ2n) is 9.74. The van der Waals surface area contributed by atoms with Crippen LogP contribution in [0.5, 0.6) is 0 Å². The summed E-state index contributed by atoms with van der Waals surface area (Å²) in [5, 5.41) is 0. The van der Waals surface area contributed by atoms with Crippen molar-refractivity contribution in [3.05, 3.63) is 65.4 Å². The molecule has 5 rings (SSSR count). The molecule has 184 valence electrons. The summed E-state index contributed by atoms with van der Waals surface area (Å²) in [7, 11) is 4.09. The Bertz CT molecular complexity index is 1160. The van der Waals surface area contributed by atoms with E-state index in [1.54, 1.807) is 12.1 Å². The van der Waals surface area contributed by atoms with Crippen molar-refractivity contribution < 1.29 is 9.18 Å². The zero-order valence-electron chi connectivity index (χ0n) is 20.6. The van der Waals surface area contributed by atoms with Gasteiger partial charge in [0.05, 0.1) is 5.69 Å². The number of aromatic nitrogens is 3. The van der Waals surface area contributed by atoms with Crippen molar-refractivity contribution in [3.63, 3.8) is 0 Å². The first-order valence-electron chi connectivity index (χ1n) is 12.5. The normalized spacial score (nSPS) is 16.3. The quantitative estimate of drug-likeness (QED) is 0.560. The lowest BCUT2D eigenvalue weighted by Gasteiger charge is -2.35. The van der Waals surface area contributed by atoms with E-state index in [4.69, 9.17) is 4.98 Å². The lowest BCUT2D eigenvalue weighted by atomic mass is 10.1. The summed E-state index contributed by atoms with van der Waals surface area (Å²) in [6.07, 6.45) is 6.03. The zero-order valence-corrected chi connectivity index (χ0v) is 20.6. The molecule has 2 aliphatic rings. The Balaban J connectivity index is 1.32. The number of carbonyl (C=O) groups is 1. The Morgan fingerprint density at radius 2 is 1.74 bits per heavy atom. The number of piperazine rings is 1. The number of pyridine rings is 1. The van der Waals surface area contributed by atoms with E-state index in [-0.39, 0.29) is 11.7 Å². The van der Waals surface area contributed by atoms with E-state index in [2.05, 4.69) is 31.5 Å². The molecule has 1 saturated heterocycles. The SMILES string of the molecule is CN(C)Cc1ccc(N2CCN(C(=O)c3nc(-c4ccc(F)cc4)n4c3CCCCC4)CC2)nc1. The first-order chi connectivity index (χ1) is 17.0. The maximum absolute atomic E-state index is 13.6. The van der Waals surface area contributed by atoms with E-state index in [0.29, 0.717) is 18.8 Å². The molecular weight excluding hydrogens is 443 g/mol. The van der Waals surface area contributed by atoms with Crippen molar-refractivity contribution >= 4 is 11.7 Å². The van der Waals surface area contributed by atoms with E-state index in [1.165, 1.54) is 17.7 Å². The van der Waals surface area contributed by atoms with E-state index in [0.717, 1.165) is 74.8 Å². The zero-order chi connectivity index (χ0) is 24.4. The van der Waals surface area contributed by atoms with Gasteiger partial charge in [-0.1, -0.05) is 12.5 Å². The second-order valence-corrected chi connectivity index (χ2v) is 9.74. The van der Waals surface area contributed by atoms with Gasteiger partial charge in [-0.25, -0.2) is 14.4 Å². The summed E-state index contributed by atoms with van der Waals surface area (Å²) >= 11 is 0. The number of imidazole rings is 1. The van der Waals surface area contributed by atoms with Crippen LogP contribution in [0, 0.1) is 5.82 Å². The fourth-order valence-electron chi connectivity index (χ4n) is 5.06. The van der Waals surface area contributed by atoms with Crippen LogP contribution in [0.4, 0.5) is 10.2 Å². The molecule has 0 radical (unpaired) electrons. The molecule has 1 amide bonds. The van der Waals surface area contributed by atoms with Gasteiger partial charge in [-0.2, -0.15) is 0 Å². The number of nitrogens with zero attached hydrogens (tertiary/aromatic N) is 6. The van der Waals surface area contributed by atoms with E-state index < -0.39 is 0 Å². The smallest absolute Gasteiger partial charge is 0.274 e. The van der Waals surface area contributed by atoms with Gasteiger partial charge in [0.15, 0.2) is 0 Å². The summed E-state index contributed by atoms with van der Waals surface area (Å²) in [6, 6.07) is 10.6. The molecular formula is C27H33FN6O. The van der Waals surface area contributed by atoms with Gasteiger partial charge < -0.3 is 19.3 Å². The van der Waals surface area contributed by atoms with Crippen LogP contribution in [0.1, 0.15) is 41.0 Å². The molecule has 7 nitrogen and oxygen atoms in total. The molecule has 0 bridgehead atoms. The third-order valence-corrected chi connectivity index (χ3v) is 6.87. The number of rotatable bonds is 5. The predicted molar refractivity (Wildman–Crippen MR) is 135 cm³/mol. The highest BCUT2D eigenvalue weighted by atomic mass is 19.1. The van der Waals surface area contributed by atoms with E-state index in [1.807, 2.05) is 25.2 Å². The lowest BCUT2D eigenvalue weighted by Crippen LogP contribution is -2.49. The van der Waals surface area contributed by atoms with Crippen LogP contribution >= 0.6 is 0 Å². The number of halogens is 1. The van der Waals surface area contributed by atoms with Crippen molar-refractivity contribution in [1.82, 2.24) is 24.3 Å².